The molecule has 1 aromatic rings. The Labute approximate surface area is 132 Å². The Bertz CT molecular complexity index is 585. The van der Waals surface area contributed by atoms with Crippen LogP contribution in [0.5, 0.6) is 0 Å². The number of hydrogen-bond acceptors (Lipinski definition) is 4. The first-order valence-electron chi connectivity index (χ1n) is 6.68. The normalized spacial score (nSPS) is 14.5. The number of anilines is 1. The number of nitrogens with zero attached hydrogens (tertiary/aromatic N) is 2. The highest BCUT2D eigenvalue weighted by molar-refractivity contribution is 6.33. The number of carbonyl (C=O) groups is 3. The predicted octanol–water partition coefficient (Wildman–Crippen LogP) is 1.43. The molecule has 1 aliphatic rings. The second kappa shape index (κ2) is 7.13. The van der Waals surface area contributed by atoms with E-state index in [1.165, 1.54) is 25.3 Å². The minimum atomic E-state index is -0.508. The lowest BCUT2D eigenvalue weighted by molar-refractivity contribution is -0.119. The van der Waals surface area contributed by atoms with Crippen LogP contribution in [0.3, 0.4) is 0 Å². The van der Waals surface area contributed by atoms with Crippen molar-refractivity contribution in [3.8, 4) is 0 Å². The van der Waals surface area contributed by atoms with Gasteiger partial charge in [-0.15, -0.1) is 0 Å². The third-order valence-corrected chi connectivity index (χ3v) is 3.71. The van der Waals surface area contributed by atoms with Crippen LogP contribution in [-0.2, 0) is 9.53 Å². The maximum absolute atomic E-state index is 12.2. The van der Waals surface area contributed by atoms with Gasteiger partial charge in [-0.05, 0) is 18.2 Å². The average Bonchev–Trinajstić information content (AvgIpc) is 2.56. The van der Waals surface area contributed by atoms with Gasteiger partial charge >= 0.3 is 12.0 Å². The lowest BCUT2D eigenvalue weighted by Crippen LogP contribution is -2.49. The molecule has 2 rings (SSSR count). The van der Waals surface area contributed by atoms with E-state index in [0.717, 1.165) is 6.41 Å². The van der Waals surface area contributed by atoms with Crippen LogP contribution in [0.15, 0.2) is 18.2 Å². The molecule has 1 aliphatic heterocycles. The molecule has 0 radical (unpaired) electrons. The Balaban J connectivity index is 2.05. The van der Waals surface area contributed by atoms with Crippen LogP contribution in [0, 0.1) is 0 Å². The smallest absolute Gasteiger partial charge is 0.337 e. The van der Waals surface area contributed by atoms with Crippen molar-refractivity contribution in [1.29, 1.82) is 0 Å². The first-order chi connectivity index (χ1) is 10.5. The van der Waals surface area contributed by atoms with Gasteiger partial charge in [0.15, 0.2) is 0 Å². The highest BCUT2D eigenvalue weighted by atomic mass is 35.5. The zero-order valence-corrected chi connectivity index (χ0v) is 12.8. The van der Waals surface area contributed by atoms with Crippen LogP contribution in [0.25, 0.3) is 0 Å². The second-order valence-corrected chi connectivity index (χ2v) is 5.15. The molecule has 0 bridgehead atoms. The molecule has 7 nitrogen and oxygen atoms in total. The van der Waals surface area contributed by atoms with Gasteiger partial charge < -0.3 is 19.9 Å². The average molecular weight is 326 g/mol. The second-order valence-electron chi connectivity index (χ2n) is 4.74. The van der Waals surface area contributed by atoms with Crippen LogP contribution in [-0.4, -0.2) is 61.5 Å². The number of carbonyl (C=O) groups excluding carboxylic acids is 3. The third-order valence-electron chi connectivity index (χ3n) is 3.38. The van der Waals surface area contributed by atoms with Gasteiger partial charge in [-0.25, -0.2) is 9.59 Å². The van der Waals surface area contributed by atoms with Crippen LogP contribution in [0.2, 0.25) is 5.02 Å². The van der Waals surface area contributed by atoms with Crippen molar-refractivity contribution in [2.75, 3.05) is 38.6 Å². The van der Waals surface area contributed by atoms with Gasteiger partial charge in [-0.1, -0.05) is 11.6 Å². The number of nitrogens with one attached hydrogen (secondary N) is 1. The molecule has 1 heterocycles. The van der Waals surface area contributed by atoms with Gasteiger partial charge in [-0.2, -0.15) is 0 Å². The van der Waals surface area contributed by atoms with Crippen LogP contribution < -0.4 is 5.32 Å². The molecule has 118 valence electrons. The highest BCUT2D eigenvalue weighted by Gasteiger charge is 2.21. The van der Waals surface area contributed by atoms with Gasteiger partial charge in [-0.3, -0.25) is 4.79 Å². The summed E-state index contributed by atoms with van der Waals surface area (Å²) in [5, 5.41) is 3.00. The Morgan fingerprint density at radius 2 is 1.95 bits per heavy atom. The maximum atomic E-state index is 12.2. The molecule has 1 aromatic carbocycles. The SMILES string of the molecule is COC(=O)c1ccc(Cl)c(NC(=O)N2CCN(C=O)CC2)c1. The fraction of sp³-hybridized carbons (Fsp3) is 0.357. The number of urea groups is 1. The van der Waals surface area contributed by atoms with Crippen molar-refractivity contribution in [1.82, 2.24) is 9.80 Å². The number of halogens is 1. The largest absolute Gasteiger partial charge is 0.465 e. The molecule has 0 saturated carbocycles. The van der Waals surface area contributed by atoms with Gasteiger partial charge in [0.1, 0.15) is 0 Å². The van der Waals surface area contributed by atoms with E-state index in [1.54, 1.807) is 9.80 Å². The fourth-order valence-corrected chi connectivity index (χ4v) is 2.26. The Hall–Kier alpha value is -2.28. The van der Waals surface area contributed by atoms with Gasteiger partial charge in [0.2, 0.25) is 6.41 Å². The van der Waals surface area contributed by atoms with Crippen LogP contribution >= 0.6 is 11.6 Å². The molecule has 0 unspecified atom stereocenters. The van der Waals surface area contributed by atoms with Crippen LogP contribution in [0.4, 0.5) is 10.5 Å². The molecule has 0 aromatic heterocycles. The number of piperazine rings is 1. The fourth-order valence-electron chi connectivity index (χ4n) is 2.09. The molecular formula is C14H16ClN3O4. The predicted molar refractivity (Wildman–Crippen MR) is 81.0 cm³/mol. The minimum Gasteiger partial charge on any atom is -0.465 e. The van der Waals surface area contributed by atoms with E-state index in [1.807, 2.05) is 0 Å². The van der Waals surface area contributed by atoms with E-state index in [4.69, 9.17) is 11.6 Å². The number of amides is 3. The first-order valence-corrected chi connectivity index (χ1v) is 7.06. The molecule has 3 amide bonds. The summed E-state index contributed by atoms with van der Waals surface area (Å²) in [4.78, 5) is 37.5. The minimum absolute atomic E-state index is 0.299. The summed E-state index contributed by atoms with van der Waals surface area (Å²) in [5.74, 6) is -0.508. The lowest BCUT2D eigenvalue weighted by Gasteiger charge is -2.32. The van der Waals surface area contributed by atoms with Crippen molar-refractivity contribution < 1.29 is 19.1 Å². The monoisotopic (exact) mass is 325 g/mol. The summed E-state index contributed by atoms with van der Waals surface area (Å²) in [7, 11) is 1.28. The zero-order chi connectivity index (χ0) is 16.1. The molecular weight excluding hydrogens is 310 g/mol. The van der Waals surface area contributed by atoms with E-state index in [0.29, 0.717) is 42.5 Å². The number of benzene rings is 1. The third kappa shape index (κ3) is 3.67. The molecule has 1 N–H and O–H groups in total. The summed E-state index contributed by atoms with van der Waals surface area (Å²) in [5.41, 5.74) is 0.639. The van der Waals surface area contributed by atoms with Crippen LogP contribution in [0.1, 0.15) is 10.4 Å². The zero-order valence-electron chi connectivity index (χ0n) is 12.0. The number of esters is 1. The number of hydrogen-bond donors (Lipinski definition) is 1. The first kappa shape index (κ1) is 16.1. The van der Waals surface area contributed by atoms with E-state index >= 15 is 0 Å². The molecule has 0 atom stereocenters. The Morgan fingerprint density at radius 3 is 2.55 bits per heavy atom. The molecule has 22 heavy (non-hydrogen) atoms. The summed E-state index contributed by atoms with van der Waals surface area (Å²) in [6, 6.07) is 4.18. The van der Waals surface area contributed by atoms with Crippen molar-refractivity contribution in [3.05, 3.63) is 28.8 Å². The Morgan fingerprint density at radius 1 is 1.27 bits per heavy atom. The number of methoxy groups -OCH3 is 1. The van der Waals surface area contributed by atoms with Gasteiger partial charge in [0.25, 0.3) is 0 Å². The summed E-state index contributed by atoms with van der Waals surface area (Å²) >= 11 is 6.03. The van der Waals surface area contributed by atoms with Gasteiger partial charge in [0, 0.05) is 26.2 Å². The van der Waals surface area contributed by atoms with Crippen molar-refractivity contribution in [2.24, 2.45) is 0 Å². The molecule has 1 fully saturated rings. The quantitative estimate of drug-likeness (QED) is 0.673. The van der Waals surface area contributed by atoms with Crippen molar-refractivity contribution >= 4 is 35.7 Å². The van der Waals surface area contributed by atoms with E-state index in [2.05, 4.69) is 10.1 Å². The van der Waals surface area contributed by atoms with Crippen molar-refractivity contribution in [3.63, 3.8) is 0 Å². The molecule has 8 heteroatoms. The lowest BCUT2D eigenvalue weighted by atomic mass is 10.2. The van der Waals surface area contributed by atoms with E-state index in [-0.39, 0.29) is 6.03 Å². The highest BCUT2D eigenvalue weighted by Crippen LogP contribution is 2.24. The van der Waals surface area contributed by atoms with Gasteiger partial charge in [0.05, 0.1) is 23.4 Å². The Kier molecular flexibility index (Phi) is 5.21. The molecule has 0 aliphatic carbocycles. The van der Waals surface area contributed by atoms with E-state index < -0.39 is 5.97 Å². The molecule has 1 saturated heterocycles. The number of ether oxygens (including phenoxy) is 1. The maximum Gasteiger partial charge on any atom is 0.337 e. The number of rotatable bonds is 3. The summed E-state index contributed by atoms with van der Waals surface area (Å²) in [6.07, 6.45) is 0.770. The van der Waals surface area contributed by atoms with Crippen molar-refractivity contribution in [2.45, 2.75) is 0 Å². The molecule has 0 spiro atoms. The topological polar surface area (TPSA) is 79.0 Å². The summed E-state index contributed by atoms with van der Waals surface area (Å²) in [6.45, 7) is 1.87. The standard InChI is InChI=1S/C14H16ClN3O4/c1-22-13(20)10-2-3-11(15)12(8-10)16-14(21)18-6-4-17(9-19)5-7-18/h2-3,8-9H,4-7H2,1H3,(H,16,21). The van der Waals surface area contributed by atoms with E-state index in [9.17, 15) is 14.4 Å². The summed E-state index contributed by atoms with van der Waals surface area (Å²) < 4.78 is 4.63.